The fourth-order valence-electron chi connectivity index (χ4n) is 3.21. The Morgan fingerprint density at radius 1 is 1.12 bits per heavy atom. The number of aromatic amines is 1. The summed E-state index contributed by atoms with van der Waals surface area (Å²) >= 11 is 0. The summed E-state index contributed by atoms with van der Waals surface area (Å²) in [6.07, 6.45) is 7.09. The van der Waals surface area contributed by atoms with E-state index in [4.69, 9.17) is 5.73 Å². The molecule has 0 saturated heterocycles. The summed E-state index contributed by atoms with van der Waals surface area (Å²) in [7, 11) is 0. The lowest BCUT2D eigenvalue weighted by Gasteiger charge is -2.08. The van der Waals surface area contributed by atoms with E-state index in [0.717, 1.165) is 42.8 Å². The SMILES string of the molecule is CCC(=O)CCCCC[C@H](N)c1ncc(-c2ccc3ccccc3c2)[nH]1. The normalized spacial score (nSPS) is 12.4. The van der Waals surface area contributed by atoms with Crippen LogP contribution in [0.5, 0.6) is 0 Å². The van der Waals surface area contributed by atoms with Crippen LogP contribution in [-0.4, -0.2) is 15.8 Å². The van der Waals surface area contributed by atoms with Gasteiger partial charge in [-0.25, -0.2) is 4.98 Å². The van der Waals surface area contributed by atoms with Crippen molar-refractivity contribution in [2.24, 2.45) is 5.73 Å². The van der Waals surface area contributed by atoms with Crippen LogP contribution in [0.3, 0.4) is 0 Å². The first kappa shape index (κ1) is 18.3. The summed E-state index contributed by atoms with van der Waals surface area (Å²) in [6.45, 7) is 1.92. The number of imidazole rings is 1. The summed E-state index contributed by atoms with van der Waals surface area (Å²) in [5.74, 6) is 1.18. The lowest BCUT2D eigenvalue weighted by atomic mass is 10.1. The summed E-state index contributed by atoms with van der Waals surface area (Å²) in [6, 6.07) is 14.6. The number of H-pyrrole nitrogens is 1. The molecule has 4 heteroatoms. The van der Waals surface area contributed by atoms with E-state index in [1.165, 1.54) is 10.8 Å². The van der Waals surface area contributed by atoms with Crippen molar-refractivity contribution in [1.29, 1.82) is 0 Å². The number of carbonyl (C=O) groups excluding carboxylic acids is 1. The number of fused-ring (bicyclic) bond motifs is 1. The number of benzene rings is 2. The van der Waals surface area contributed by atoms with Gasteiger partial charge in [-0.15, -0.1) is 0 Å². The van der Waals surface area contributed by atoms with Crippen LogP contribution in [0.1, 0.15) is 57.3 Å². The molecular formula is C22H27N3O. The van der Waals surface area contributed by atoms with Gasteiger partial charge in [0, 0.05) is 18.4 Å². The molecule has 2 aromatic carbocycles. The minimum absolute atomic E-state index is 0.0916. The number of rotatable bonds is 9. The zero-order chi connectivity index (χ0) is 18.4. The van der Waals surface area contributed by atoms with E-state index in [-0.39, 0.29) is 6.04 Å². The van der Waals surface area contributed by atoms with Gasteiger partial charge in [0.15, 0.2) is 0 Å². The second kappa shape index (κ2) is 8.77. The maximum atomic E-state index is 11.3. The molecule has 1 atom stereocenters. The highest BCUT2D eigenvalue weighted by Gasteiger charge is 2.11. The molecule has 0 aliphatic heterocycles. The Balaban J connectivity index is 1.57. The largest absolute Gasteiger partial charge is 0.341 e. The Kier molecular flexibility index (Phi) is 6.18. The fourth-order valence-corrected chi connectivity index (χ4v) is 3.21. The van der Waals surface area contributed by atoms with Crippen LogP contribution in [0.15, 0.2) is 48.7 Å². The number of carbonyl (C=O) groups is 1. The highest BCUT2D eigenvalue weighted by Crippen LogP contribution is 2.25. The number of ketones is 1. The van der Waals surface area contributed by atoms with Crippen LogP contribution in [0.2, 0.25) is 0 Å². The van der Waals surface area contributed by atoms with Crippen molar-refractivity contribution in [2.75, 3.05) is 0 Å². The molecule has 3 aromatic rings. The number of unbranched alkanes of at least 4 members (excludes halogenated alkanes) is 2. The maximum Gasteiger partial charge on any atom is 0.132 e. The number of hydrogen-bond acceptors (Lipinski definition) is 3. The zero-order valence-corrected chi connectivity index (χ0v) is 15.4. The maximum absolute atomic E-state index is 11.3. The van der Waals surface area contributed by atoms with E-state index in [1.807, 2.05) is 19.2 Å². The van der Waals surface area contributed by atoms with Gasteiger partial charge >= 0.3 is 0 Å². The van der Waals surface area contributed by atoms with Crippen molar-refractivity contribution in [3.05, 3.63) is 54.5 Å². The quantitative estimate of drug-likeness (QED) is 0.524. The van der Waals surface area contributed by atoms with Crippen molar-refractivity contribution in [1.82, 2.24) is 9.97 Å². The lowest BCUT2D eigenvalue weighted by molar-refractivity contribution is -0.118. The van der Waals surface area contributed by atoms with Crippen molar-refractivity contribution in [3.8, 4) is 11.3 Å². The van der Waals surface area contributed by atoms with E-state index >= 15 is 0 Å². The average Bonchev–Trinajstić information content (AvgIpc) is 3.17. The Hall–Kier alpha value is -2.46. The fraction of sp³-hybridized carbons (Fsp3) is 0.364. The molecule has 1 heterocycles. The van der Waals surface area contributed by atoms with Crippen molar-refractivity contribution >= 4 is 16.6 Å². The number of nitrogens with one attached hydrogen (secondary N) is 1. The number of aromatic nitrogens is 2. The third-order valence-corrected chi connectivity index (χ3v) is 4.87. The Morgan fingerprint density at radius 3 is 2.73 bits per heavy atom. The van der Waals surface area contributed by atoms with Gasteiger partial charge in [0.2, 0.25) is 0 Å². The molecule has 0 saturated carbocycles. The summed E-state index contributed by atoms with van der Waals surface area (Å²) in [4.78, 5) is 19.2. The molecule has 0 unspecified atom stereocenters. The monoisotopic (exact) mass is 349 g/mol. The van der Waals surface area contributed by atoms with Crippen LogP contribution >= 0.6 is 0 Å². The molecule has 3 N–H and O–H groups in total. The molecule has 26 heavy (non-hydrogen) atoms. The third kappa shape index (κ3) is 4.58. The zero-order valence-electron chi connectivity index (χ0n) is 15.4. The van der Waals surface area contributed by atoms with Crippen LogP contribution in [0, 0.1) is 0 Å². The summed E-state index contributed by atoms with van der Waals surface area (Å²) in [5.41, 5.74) is 8.40. The van der Waals surface area contributed by atoms with Crippen LogP contribution in [0.4, 0.5) is 0 Å². The Morgan fingerprint density at radius 2 is 1.92 bits per heavy atom. The number of Topliss-reactive ketones (excluding diaryl/α,β-unsaturated/α-hetero) is 1. The van der Waals surface area contributed by atoms with Crippen LogP contribution in [0.25, 0.3) is 22.0 Å². The average molecular weight is 349 g/mol. The van der Waals surface area contributed by atoms with Gasteiger partial charge in [-0.2, -0.15) is 0 Å². The van der Waals surface area contributed by atoms with E-state index in [0.29, 0.717) is 18.6 Å². The number of hydrogen-bond donors (Lipinski definition) is 2. The summed E-state index contributed by atoms with van der Waals surface area (Å²) in [5, 5.41) is 2.45. The minimum Gasteiger partial charge on any atom is -0.341 e. The Labute approximate surface area is 154 Å². The van der Waals surface area contributed by atoms with Crippen molar-refractivity contribution in [2.45, 2.75) is 51.5 Å². The smallest absolute Gasteiger partial charge is 0.132 e. The van der Waals surface area contributed by atoms with E-state index < -0.39 is 0 Å². The second-order valence-corrected chi connectivity index (χ2v) is 6.84. The van der Waals surface area contributed by atoms with Crippen molar-refractivity contribution in [3.63, 3.8) is 0 Å². The van der Waals surface area contributed by atoms with Gasteiger partial charge < -0.3 is 10.7 Å². The molecule has 3 rings (SSSR count). The highest BCUT2D eigenvalue weighted by molar-refractivity contribution is 5.86. The number of nitrogens with zero attached hydrogens (tertiary/aromatic N) is 1. The minimum atomic E-state index is -0.0916. The molecule has 0 aliphatic carbocycles. The molecule has 4 nitrogen and oxygen atoms in total. The summed E-state index contributed by atoms with van der Waals surface area (Å²) < 4.78 is 0. The van der Waals surface area contributed by atoms with Gasteiger partial charge in [0.1, 0.15) is 11.6 Å². The first-order valence-electron chi connectivity index (χ1n) is 9.48. The molecule has 1 aromatic heterocycles. The predicted octanol–water partition coefficient (Wildman–Crippen LogP) is 5.16. The molecule has 0 aliphatic rings. The Bertz CT molecular complexity index is 868. The van der Waals surface area contributed by atoms with E-state index in [2.05, 4.69) is 46.4 Å². The van der Waals surface area contributed by atoms with Gasteiger partial charge in [0.25, 0.3) is 0 Å². The number of nitrogens with two attached hydrogens (primary N) is 1. The predicted molar refractivity (Wildman–Crippen MR) is 107 cm³/mol. The molecule has 0 fully saturated rings. The van der Waals surface area contributed by atoms with E-state index in [1.54, 1.807) is 0 Å². The highest BCUT2D eigenvalue weighted by atomic mass is 16.1. The molecule has 0 radical (unpaired) electrons. The first-order valence-corrected chi connectivity index (χ1v) is 9.48. The van der Waals surface area contributed by atoms with E-state index in [9.17, 15) is 4.79 Å². The lowest BCUT2D eigenvalue weighted by Crippen LogP contribution is -2.12. The molecule has 0 bridgehead atoms. The molecule has 136 valence electrons. The van der Waals surface area contributed by atoms with Gasteiger partial charge in [-0.3, -0.25) is 4.79 Å². The standard InChI is InChI=1S/C22H27N3O/c1-2-19(26)10-4-3-5-11-20(23)22-24-15-21(25-22)18-13-12-16-8-6-7-9-17(16)14-18/h6-9,12-15,20H,2-5,10-11,23H2,1H3,(H,24,25)/t20-/m0/s1. The topological polar surface area (TPSA) is 71.8 Å². The molecule has 0 spiro atoms. The van der Waals surface area contributed by atoms with Crippen LogP contribution in [-0.2, 0) is 4.79 Å². The molecule has 0 amide bonds. The second-order valence-electron chi connectivity index (χ2n) is 6.84. The van der Waals surface area contributed by atoms with Gasteiger partial charge in [0.05, 0.1) is 17.9 Å². The van der Waals surface area contributed by atoms with Crippen molar-refractivity contribution < 1.29 is 4.79 Å². The molecular weight excluding hydrogens is 322 g/mol. The van der Waals surface area contributed by atoms with Crippen LogP contribution < -0.4 is 5.73 Å². The van der Waals surface area contributed by atoms with Gasteiger partial charge in [-0.1, -0.05) is 56.2 Å². The first-order chi connectivity index (χ1) is 12.7. The van der Waals surface area contributed by atoms with Gasteiger partial charge in [-0.05, 0) is 29.7 Å². The third-order valence-electron chi connectivity index (χ3n) is 4.87.